The SMILES string of the molecule is CC(NC(=O)OCc1ccccc1)[C@H](O)c1cc(F)cc(F)c1. The van der Waals surface area contributed by atoms with Crippen molar-refractivity contribution in [3.63, 3.8) is 0 Å². The average molecular weight is 321 g/mol. The number of carbonyl (C=O) groups is 1. The summed E-state index contributed by atoms with van der Waals surface area (Å²) in [4.78, 5) is 11.7. The predicted octanol–water partition coefficient (Wildman–Crippen LogP) is 3.31. The zero-order valence-electron chi connectivity index (χ0n) is 12.5. The molecule has 122 valence electrons. The van der Waals surface area contributed by atoms with E-state index in [9.17, 15) is 18.7 Å². The molecule has 0 bridgehead atoms. The molecule has 0 saturated carbocycles. The van der Waals surface area contributed by atoms with Gasteiger partial charge in [0.15, 0.2) is 0 Å². The number of ether oxygens (including phenoxy) is 1. The number of benzene rings is 2. The fourth-order valence-electron chi connectivity index (χ4n) is 2.06. The number of carbonyl (C=O) groups excluding carboxylic acids is 1. The van der Waals surface area contributed by atoms with Gasteiger partial charge < -0.3 is 15.2 Å². The van der Waals surface area contributed by atoms with E-state index in [1.54, 1.807) is 12.1 Å². The minimum absolute atomic E-state index is 0.0401. The van der Waals surface area contributed by atoms with E-state index in [1.807, 2.05) is 18.2 Å². The molecule has 0 aliphatic heterocycles. The van der Waals surface area contributed by atoms with Crippen LogP contribution in [0.25, 0.3) is 0 Å². The number of aliphatic hydroxyl groups is 1. The Morgan fingerprint density at radius 1 is 1.17 bits per heavy atom. The van der Waals surface area contributed by atoms with Crippen LogP contribution < -0.4 is 5.32 Å². The topological polar surface area (TPSA) is 58.6 Å². The van der Waals surface area contributed by atoms with Crippen LogP contribution in [0.5, 0.6) is 0 Å². The minimum Gasteiger partial charge on any atom is -0.445 e. The van der Waals surface area contributed by atoms with Crippen LogP contribution in [0.15, 0.2) is 48.5 Å². The van der Waals surface area contributed by atoms with E-state index in [-0.39, 0.29) is 12.2 Å². The summed E-state index contributed by atoms with van der Waals surface area (Å²) in [5.74, 6) is -1.59. The third-order valence-corrected chi connectivity index (χ3v) is 3.26. The van der Waals surface area contributed by atoms with Gasteiger partial charge in [-0.05, 0) is 30.2 Å². The quantitative estimate of drug-likeness (QED) is 0.888. The molecule has 2 rings (SSSR count). The maximum atomic E-state index is 13.2. The molecule has 0 spiro atoms. The van der Waals surface area contributed by atoms with Crippen LogP contribution in [0.2, 0.25) is 0 Å². The number of alkyl carbamates (subject to hydrolysis) is 1. The third kappa shape index (κ3) is 5.03. The van der Waals surface area contributed by atoms with Crippen LogP contribution in [0.1, 0.15) is 24.2 Å². The van der Waals surface area contributed by atoms with Crippen molar-refractivity contribution >= 4 is 6.09 Å². The highest BCUT2D eigenvalue weighted by Gasteiger charge is 2.20. The van der Waals surface area contributed by atoms with Gasteiger partial charge >= 0.3 is 6.09 Å². The van der Waals surface area contributed by atoms with Gasteiger partial charge in [0.05, 0.1) is 12.1 Å². The summed E-state index contributed by atoms with van der Waals surface area (Å²) in [7, 11) is 0. The van der Waals surface area contributed by atoms with Crippen molar-refractivity contribution in [1.29, 1.82) is 0 Å². The third-order valence-electron chi connectivity index (χ3n) is 3.26. The first-order valence-electron chi connectivity index (χ1n) is 7.07. The summed E-state index contributed by atoms with van der Waals surface area (Å²) in [5.41, 5.74) is 0.862. The first-order chi connectivity index (χ1) is 11.0. The second kappa shape index (κ2) is 7.69. The van der Waals surface area contributed by atoms with Crippen LogP contribution in [-0.4, -0.2) is 17.2 Å². The predicted molar refractivity (Wildman–Crippen MR) is 80.5 cm³/mol. The Kier molecular flexibility index (Phi) is 5.65. The first kappa shape index (κ1) is 16.9. The Morgan fingerprint density at radius 2 is 1.78 bits per heavy atom. The molecule has 1 unspecified atom stereocenters. The van der Waals surface area contributed by atoms with Gasteiger partial charge in [0.1, 0.15) is 18.2 Å². The normalized spacial score (nSPS) is 13.2. The molecule has 0 radical (unpaired) electrons. The molecule has 0 fully saturated rings. The molecule has 2 N–H and O–H groups in total. The lowest BCUT2D eigenvalue weighted by Gasteiger charge is -2.20. The van der Waals surface area contributed by atoms with E-state index >= 15 is 0 Å². The van der Waals surface area contributed by atoms with Gasteiger partial charge in [-0.1, -0.05) is 30.3 Å². The number of aliphatic hydroxyl groups excluding tert-OH is 1. The number of nitrogens with one attached hydrogen (secondary N) is 1. The molecule has 23 heavy (non-hydrogen) atoms. The van der Waals surface area contributed by atoms with Crippen LogP contribution >= 0.6 is 0 Å². The Bertz CT molecular complexity index is 644. The monoisotopic (exact) mass is 321 g/mol. The average Bonchev–Trinajstić information content (AvgIpc) is 2.52. The van der Waals surface area contributed by atoms with Crippen LogP contribution in [-0.2, 0) is 11.3 Å². The minimum atomic E-state index is -1.26. The highest BCUT2D eigenvalue weighted by Crippen LogP contribution is 2.19. The van der Waals surface area contributed by atoms with Crippen molar-refractivity contribution in [3.05, 3.63) is 71.3 Å². The maximum Gasteiger partial charge on any atom is 0.407 e. The van der Waals surface area contributed by atoms with E-state index in [0.717, 1.165) is 17.7 Å². The summed E-state index contributed by atoms with van der Waals surface area (Å²) in [6, 6.07) is 11.1. The van der Waals surface area contributed by atoms with Gasteiger partial charge in [-0.15, -0.1) is 0 Å². The van der Waals surface area contributed by atoms with Gasteiger partial charge in [0.25, 0.3) is 0 Å². The Hall–Kier alpha value is -2.47. The Balaban J connectivity index is 1.89. The largest absolute Gasteiger partial charge is 0.445 e. The Morgan fingerprint density at radius 3 is 2.39 bits per heavy atom. The van der Waals surface area contributed by atoms with Crippen molar-refractivity contribution in [2.24, 2.45) is 0 Å². The van der Waals surface area contributed by atoms with Gasteiger partial charge in [-0.25, -0.2) is 13.6 Å². The lowest BCUT2D eigenvalue weighted by atomic mass is 10.0. The molecular formula is C17H17F2NO3. The summed E-state index contributed by atoms with van der Waals surface area (Å²) >= 11 is 0. The first-order valence-corrected chi connectivity index (χ1v) is 7.07. The molecule has 0 aromatic heterocycles. The van der Waals surface area contributed by atoms with Gasteiger partial charge in [-0.2, -0.15) is 0 Å². The molecule has 1 amide bonds. The Labute approximate surface area is 132 Å². The number of halogens is 2. The van der Waals surface area contributed by atoms with Crippen molar-refractivity contribution in [2.75, 3.05) is 0 Å². The molecule has 2 aromatic rings. The smallest absolute Gasteiger partial charge is 0.407 e. The molecule has 2 aromatic carbocycles. The number of hydrogen-bond donors (Lipinski definition) is 2. The van der Waals surface area contributed by atoms with Crippen LogP contribution in [0.4, 0.5) is 13.6 Å². The number of hydrogen-bond acceptors (Lipinski definition) is 3. The lowest BCUT2D eigenvalue weighted by molar-refractivity contribution is 0.106. The van der Waals surface area contributed by atoms with Crippen LogP contribution in [0.3, 0.4) is 0 Å². The second-order valence-electron chi connectivity index (χ2n) is 5.14. The van der Waals surface area contributed by atoms with E-state index < -0.39 is 29.9 Å². The molecule has 0 aliphatic rings. The highest BCUT2D eigenvalue weighted by atomic mass is 19.1. The molecule has 2 atom stereocenters. The zero-order chi connectivity index (χ0) is 16.8. The molecule has 6 heteroatoms. The zero-order valence-corrected chi connectivity index (χ0v) is 12.5. The molecular weight excluding hydrogens is 304 g/mol. The van der Waals surface area contributed by atoms with Crippen molar-refractivity contribution < 1.29 is 23.4 Å². The lowest BCUT2D eigenvalue weighted by Crippen LogP contribution is -2.37. The van der Waals surface area contributed by atoms with Gasteiger partial charge in [0, 0.05) is 6.07 Å². The summed E-state index contributed by atoms with van der Waals surface area (Å²) in [6.45, 7) is 1.60. The number of rotatable bonds is 5. The maximum absolute atomic E-state index is 13.2. The van der Waals surface area contributed by atoms with E-state index in [0.29, 0.717) is 6.07 Å². The second-order valence-corrected chi connectivity index (χ2v) is 5.14. The standard InChI is InChI=1S/C17H17F2NO3/c1-11(16(21)13-7-14(18)9-15(19)8-13)20-17(22)23-10-12-5-3-2-4-6-12/h2-9,11,16,21H,10H2,1H3,(H,20,22)/t11?,16-/m0/s1. The molecule has 0 heterocycles. The highest BCUT2D eigenvalue weighted by molar-refractivity contribution is 5.67. The van der Waals surface area contributed by atoms with Gasteiger partial charge in [-0.3, -0.25) is 0 Å². The fourth-order valence-corrected chi connectivity index (χ4v) is 2.06. The summed E-state index contributed by atoms with van der Waals surface area (Å²) < 4.78 is 31.3. The molecule has 0 saturated heterocycles. The van der Waals surface area contributed by atoms with Crippen molar-refractivity contribution in [1.82, 2.24) is 5.32 Å². The van der Waals surface area contributed by atoms with Crippen molar-refractivity contribution in [2.45, 2.75) is 25.7 Å². The van der Waals surface area contributed by atoms with Crippen LogP contribution in [0, 0.1) is 11.6 Å². The van der Waals surface area contributed by atoms with E-state index in [1.165, 1.54) is 6.92 Å². The number of amides is 1. The summed E-state index contributed by atoms with van der Waals surface area (Å²) in [6.07, 6.45) is -1.98. The summed E-state index contributed by atoms with van der Waals surface area (Å²) in [5, 5.41) is 12.5. The van der Waals surface area contributed by atoms with Gasteiger partial charge in [0.2, 0.25) is 0 Å². The van der Waals surface area contributed by atoms with E-state index in [2.05, 4.69) is 5.32 Å². The fraction of sp³-hybridized carbons (Fsp3) is 0.235. The van der Waals surface area contributed by atoms with Crippen molar-refractivity contribution in [3.8, 4) is 0 Å². The molecule has 4 nitrogen and oxygen atoms in total. The molecule has 0 aliphatic carbocycles. The van der Waals surface area contributed by atoms with E-state index in [4.69, 9.17) is 4.74 Å².